The zero-order valence-corrected chi connectivity index (χ0v) is 20.7. The van der Waals surface area contributed by atoms with Gasteiger partial charge in [-0.2, -0.15) is 0 Å². The number of benzene rings is 2. The summed E-state index contributed by atoms with van der Waals surface area (Å²) in [6.07, 6.45) is 1.21. The first-order valence-corrected chi connectivity index (χ1v) is 11.9. The van der Waals surface area contributed by atoms with Gasteiger partial charge in [0.15, 0.2) is 5.78 Å². The lowest BCUT2D eigenvalue weighted by molar-refractivity contribution is -0.140. The molecular formula is C27H28BrNO4. The molecule has 2 aromatic carbocycles. The number of allylic oxidation sites excluding steroid dienone is 3. The van der Waals surface area contributed by atoms with E-state index in [0.717, 1.165) is 33.6 Å². The summed E-state index contributed by atoms with van der Waals surface area (Å²) in [7, 11) is 0. The molecule has 0 unspecified atom stereocenters. The van der Waals surface area contributed by atoms with Crippen molar-refractivity contribution in [3.63, 3.8) is 0 Å². The summed E-state index contributed by atoms with van der Waals surface area (Å²) in [4.78, 5) is 26.5. The maximum Gasteiger partial charge on any atom is 0.336 e. The van der Waals surface area contributed by atoms with Crippen LogP contribution in [-0.4, -0.2) is 25.0 Å². The molecule has 0 saturated heterocycles. The summed E-state index contributed by atoms with van der Waals surface area (Å²) in [5, 5.41) is 3.36. The summed E-state index contributed by atoms with van der Waals surface area (Å²) in [5.41, 5.74) is 3.55. The molecule has 0 spiro atoms. The lowest BCUT2D eigenvalue weighted by atomic mass is 9.68. The Morgan fingerprint density at radius 2 is 1.76 bits per heavy atom. The number of ketones is 1. The van der Waals surface area contributed by atoms with Crippen molar-refractivity contribution >= 4 is 27.7 Å². The van der Waals surface area contributed by atoms with Gasteiger partial charge in [0, 0.05) is 33.8 Å². The Balaban J connectivity index is 1.59. The number of hydrogen-bond acceptors (Lipinski definition) is 5. The minimum absolute atomic E-state index is 0.0758. The molecule has 6 heteroatoms. The predicted octanol–water partition coefficient (Wildman–Crippen LogP) is 5.68. The van der Waals surface area contributed by atoms with Crippen LogP contribution in [0.3, 0.4) is 0 Å². The molecule has 33 heavy (non-hydrogen) atoms. The Morgan fingerprint density at radius 3 is 2.45 bits per heavy atom. The summed E-state index contributed by atoms with van der Waals surface area (Å²) in [5.74, 6) is -0.0950. The van der Waals surface area contributed by atoms with E-state index < -0.39 is 11.9 Å². The van der Waals surface area contributed by atoms with Gasteiger partial charge in [-0.1, -0.05) is 60.1 Å². The highest BCUT2D eigenvalue weighted by atomic mass is 79.9. The van der Waals surface area contributed by atoms with Crippen molar-refractivity contribution in [2.24, 2.45) is 5.41 Å². The normalized spacial score (nSPS) is 19.6. The Bertz CT molecular complexity index is 1120. The molecule has 1 aliphatic heterocycles. The highest BCUT2D eigenvalue weighted by Crippen LogP contribution is 2.46. The van der Waals surface area contributed by atoms with E-state index in [4.69, 9.17) is 9.47 Å². The number of esters is 1. The van der Waals surface area contributed by atoms with Crippen LogP contribution in [0.4, 0.5) is 0 Å². The van der Waals surface area contributed by atoms with E-state index in [1.165, 1.54) is 0 Å². The number of nitrogens with one attached hydrogen (secondary N) is 1. The number of carbonyl (C=O) groups excluding carboxylic acids is 2. The quantitative estimate of drug-likeness (QED) is 0.401. The Hall–Kier alpha value is -2.86. The maximum atomic E-state index is 13.3. The summed E-state index contributed by atoms with van der Waals surface area (Å²) in [6, 6.07) is 17.2. The smallest absolute Gasteiger partial charge is 0.336 e. The van der Waals surface area contributed by atoms with Crippen LogP contribution in [0.25, 0.3) is 0 Å². The van der Waals surface area contributed by atoms with E-state index in [9.17, 15) is 9.59 Å². The third kappa shape index (κ3) is 5.22. The molecule has 1 heterocycles. The molecule has 5 nitrogen and oxygen atoms in total. The number of rotatable bonds is 6. The summed E-state index contributed by atoms with van der Waals surface area (Å²) >= 11 is 3.47. The third-order valence-corrected chi connectivity index (χ3v) is 6.52. The van der Waals surface area contributed by atoms with Gasteiger partial charge in [-0.3, -0.25) is 4.79 Å². The van der Waals surface area contributed by atoms with Crippen LogP contribution in [0.2, 0.25) is 0 Å². The van der Waals surface area contributed by atoms with Gasteiger partial charge in [0.1, 0.15) is 19.0 Å². The summed E-state index contributed by atoms with van der Waals surface area (Å²) in [6.45, 7) is 6.43. The first kappa shape index (κ1) is 23.3. The fourth-order valence-corrected chi connectivity index (χ4v) is 4.85. The first-order chi connectivity index (χ1) is 15.7. The topological polar surface area (TPSA) is 64.6 Å². The zero-order valence-electron chi connectivity index (χ0n) is 19.1. The number of dihydropyridines is 1. The average molecular weight is 510 g/mol. The van der Waals surface area contributed by atoms with Gasteiger partial charge in [0.2, 0.25) is 0 Å². The molecule has 4 rings (SSSR count). The van der Waals surface area contributed by atoms with E-state index in [1.54, 1.807) is 0 Å². The molecule has 172 valence electrons. The number of para-hydroxylation sites is 1. The molecule has 1 aliphatic carbocycles. The third-order valence-electron chi connectivity index (χ3n) is 5.99. The largest absolute Gasteiger partial charge is 0.490 e. The standard InChI is InChI=1S/C27H28BrNO4/c1-17-23(26(31)33-14-13-32-20-7-5-4-6-8-20)24(18-9-11-19(28)12-10-18)25-21(29-17)15-27(2,3)16-22(25)30/h4-12,24,29H,13-16H2,1-3H3/t24-/m0/s1. The van der Waals surface area contributed by atoms with E-state index >= 15 is 0 Å². The molecule has 1 atom stereocenters. The lowest BCUT2D eigenvalue weighted by Gasteiger charge is -2.39. The minimum Gasteiger partial charge on any atom is -0.490 e. The Morgan fingerprint density at radius 1 is 1.06 bits per heavy atom. The SMILES string of the molecule is CC1=C(C(=O)OCCOc2ccccc2)[C@H](c2ccc(Br)cc2)C2=C(CC(C)(C)CC2=O)N1. The number of ether oxygens (including phenoxy) is 2. The number of carbonyl (C=O) groups is 2. The van der Waals surface area contributed by atoms with Crippen molar-refractivity contribution in [3.05, 3.63) is 87.2 Å². The van der Waals surface area contributed by atoms with E-state index in [1.807, 2.05) is 61.5 Å². The molecule has 0 saturated carbocycles. The van der Waals surface area contributed by atoms with Crippen LogP contribution in [0.15, 0.2) is 81.6 Å². The van der Waals surface area contributed by atoms with Gasteiger partial charge in [0.25, 0.3) is 0 Å². The fourth-order valence-electron chi connectivity index (χ4n) is 4.58. The second kappa shape index (κ2) is 9.56. The number of halogens is 1. The number of Topliss-reactive ketones (excluding diaryl/α,β-unsaturated/α-hetero) is 1. The van der Waals surface area contributed by atoms with Gasteiger partial charge in [-0.15, -0.1) is 0 Å². The van der Waals surface area contributed by atoms with Crippen LogP contribution in [0.1, 0.15) is 45.1 Å². The van der Waals surface area contributed by atoms with Gasteiger partial charge >= 0.3 is 5.97 Å². The lowest BCUT2D eigenvalue weighted by Crippen LogP contribution is -2.38. The van der Waals surface area contributed by atoms with Crippen molar-refractivity contribution < 1.29 is 19.1 Å². The van der Waals surface area contributed by atoms with Crippen molar-refractivity contribution in [2.75, 3.05) is 13.2 Å². The molecular weight excluding hydrogens is 482 g/mol. The van der Waals surface area contributed by atoms with Gasteiger partial charge in [-0.25, -0.2) is 4.79 Å². The van der Waals surface area contributed by atoms with Crippen LogP contribution in [0, 0.1) is 5.41 Å². The highest BCUT2D eigenvalue weighted by Gasteiger charge is 2.43. The maximum absolute atomic E-state index is 13.3. The minimum atomic E-state index is -0.458. The second-order valence-electron chi connectivity index (χ2n) is 9.28. The molecule has 1 N–H and O–H groups in total. The van der Waals surface area contributed by atoms with Crippen LogP contribution in [0.5, 0.6) is 5.75 Å². The molecule has 2 aromatic rings. The second-order valence-corrected chi connectivity index (χ2v) is 10.2. The fraction of sp³-hybridized carbons (Fsp3) is 0.333. The molecule has 0 aromatic heterocycles. The van der Waals surface area contributed by atoms with Gasteiger partial charge in [-0.05, 0) is 48.6 Å². The van der Waals surface area contributed by atoms with Crippen LogP contribution >= 0.6 is 15.9 Å². The number of hydrogen-bond donors (Lipinski definition) is 1. The predicted molar refractivity (Wildman–Crippen MR) is 131 cm³/mol. The molecule has 2 aliphatic rings. The van der Waals surface area contributed by atoms with E-state index in [0.29, 0.717) is 17.6 Å². The molecule has 0 bridgehead atoms. The summed E-state index contributed by atoms with van der Waals surface area (Å²) < 4.78 is 12.2. The molecule has 0 amide bonds. The first-order valence-electron chi connectivity index (χ1n) is 11.1. The monoisotopic (exact) mass is 509 g/mol. The van der Waals surface area contributed by atoms with Crippen molar-refractivity contribution in [1.29, 1.82) is 0 Å². The molecule has 0 fully saturated rings. The van der Waals surface area contributed by atoms with Crippen molar-refractivity contribution in [3.8, 4) is 5.75 Å². The van der Waals surface area contributed by atoms with Crippen LogP contribution in [-0.2, 0) is 14.3 Å². The van der Waals surface area contributed by atoms with Gasteiger partial charge < -0.3 is 14.8 Å². The van der Waals surface area contributed by atoms with Crippen molar-refractivity contribution in [2.45, 2.75) is 39.5 Å². The van der Waals surface area contributed by atoms with E-state index in [2.05, 4.69) is 35.1 Å². The van der Waals surface area contributed by atoms with Gasteiger partial charge in [0.05, 0.1) is 5.57 Å². The molecule has 0 radical (unpaired) electrons. The van der Waals surface area contributed by atoms with Crippen LogP contribution < -0.4 is 10.1 Å². The van der Waals surface area contributed by atoms with Crippen molar-refractivity contribution in [1.82, 2.24) is 5.32 Å². The zero-order chi connectivity index (χ0) is 23.6. The average Bonchev–Trinajstić information content (AvgIpc) is 2.76. The Kier molecular flexibility index (Phi) is 6.75. The van der Waals surface area contributed by atoms with E-state index in [-0.39, 0.29) is 24.4 Å². The Labute approximate surface area is 203 Å². The highest BCUT2D eigenvalue weighted by molar-refractivity contribution is 9.10.